The van der Waals surface area contributed by atoms with E-state index in [0.29, 0.717) is 10.8 Å². The SMILES string of the molecule is CN1C(=S)N(C2CCCCC2)C(=O)C1=Cc1ccc[nH]1. The molecule has 1 N–H and O–H groups in total. The van der Waals surface area contributed by atoms with Gasteiger partial charge < -0.3 is 9.88 Å². The summed E-state index contributed by atoms with van der Waals surface area (Å²) in [6.07, 6.45) is 9.50. The number of hydrogen-bond acceptors (Lipinski definition) is 2. The van der Waals surface area contributed by atoms with E-state index in [2.05, 4.69) is 4.98 Å². The lowest BCUT2D eigenvalue weighted by Gasteiger charge is -2.30. The van der Waals surface area contributed by atoms with Gasteiger partial charge in [0.15, 0.2) is 5.11 Å². The number of amides is 1. The number of rotatable bonds is 2. The molecule has 20 heavy (non-hydrogen) atoms. The van der Waals surface area contributed by atoms with Crippen LogP contribution in [-0.4, -0.2) is 38.9 Å². The van der Waals surface area contributed by atoms with Crippen LogP contribution in [0.25, 0.3) is 6.08 Å². The van der Waals surface area contributed by atoms with Crippen molar-refractivity contribution < 1.29 is 4.79 Å². The summed E-state index contributed by atoms with van der Waals surface area (Å²) in [5.74, 6) is 0.0407. The largest absolute Gasteiger partial charge is 0.362 e. The minimum absolute atomic E-state index is 0.0407. The van der Waals surface area contributed by atoms with E-state index >= 15 is 0 Å². The van der Waals surface area contributed by atoms with Crippen LogP contribution < -0.4 is 0 Å². The van der Waals surface area contributed by atoms with Gasteiger partial charge in [-0.1, -0.05) is 19.3 Å². The number of carbonyl (C=O) groups is 1. The molecule has 2 fully saturated rings. The van der Waals surface area contributed by atoms with Gasteiger partial charge in [0.1, 0.15) is 5.70 Å². The second kappa shape index (κ2) is 5.40. The highest BCUT2D eigenvalue weighted by atomic mass is 32.1. The molecule has 1 amide bonds. The lowest BCUT2D eigenvalue weighted by atomic mass is 9.94. The maximum absolute atomic E-state index is 12.7. The first-order valence-electron chi connectivity index (χ1n) is 7.15. The van der Waals surface area contributed by atoms with Gasteiger partial charge in [0.25, 0.3) is 5.91 Å². The number of aromatic amines is 1. The average Bonchev–Trinajstić information content (AvgIpc) is 3.04. The van der Waals surface area contributed by atoms with E-state index in [0.717, 1.165) is 18.5 Å². The average molecular weight is 289 g/mol. The molecule has 106 valence electrons. The quantitative estimate of drug-likeness (QED) is 0.672. The van der Waals surface area contributed by atoms with Gasteiger partial charge in [0.2, 0.25) is 0 Å². The van der Waals surface area contributed by atoms with Crippen molar-refractivity contribution >= 4 is 29.3 Å². The number of H-pyrrole nitrogens is 1. The first-order valence-corrected chi connectivity index (χ1v) is 7.55. The normalized spacial score (nSPS) is 23.1. The molecular weight excluding hydrogens is 270 g/mol. The maximum Gasteiger partial charge on any atom is 0.277 e. The van der Waals surface area contributed by atoms with Crippen LogP contribution in [0.2, 0.25) is 0 Å². The van der Waals surface area contributed by atoms with Gasteiger partial charge in [0, 0.05) is 25.0 Å². The Morgan fingerprint density at radius 2 is 2.10 bits per heavy atom. The van der Waals surface area contributed by atoms with Crippen molar-refractivity contribution in [2.24, 2.45) is 0 Å². The van der Waals surface area contributed by atoms with Gasteiger partial charge in [-0.05, 0) is 43.3 Å². The van der Waals surface area contributed by atoms with E-state index in [9.17, 15) is 4.79 Å². The molecule has 0 atom stereocenters. The lowest BCUT2D eigenvalue weighted by Crippen LogP contribution is -2.41. The molecular formula is C15H19N3OS. The van der Waals surface area contributed by atoms with Crippen LogP contribution in [0.3, 0.4) is 0 Å². The number of nitrogens with one attached hydrogen (secondary N) is 1. The summed E-state index contributed by atoms with van der Waals surface area (Å²) >= 11 is 5.47. The summed E-state index contributed by atoms with van der Waals surface area (Å²) in [4.78, 5) is 19.4. The Morgan fingerprint density at radius 1 is 1.35 bits per heavy atom. The Labute approximate surface area is 124 Å². The summed E-state index contributed by atoms with van der Waals surface area (Å²) in [7, 11) is 1.87. The fourth-order valence-electron chi connectivity index (χ4n) is 3.02. The summed E-state index contributed by atoms with van der Waals surface area (Å²) < 4.78 is 0. The van der Waals surface area contributed by atoms with Crippen molar-refractivity contribution in [1.82, 2.24) is 14.8 Å². The zero-order valence-corrected chi connectivity index (χ0v) is 12.4. The Hall–Kier alpha value is -1.62. The molecule has 2 heterocycles. The first kappa shape index (κ1) is 13.4. The number of aromatic nitrogens is 1. The van der Waals surface area contributed by atoms with E-state index in [4.69, 9.17) is 12.2 Å². The van der Waals surface area contributed by atoms with Gasteiger partial charge in [-0.15, -0.1) is 0 Å². The van der Waals surface area contributed by atoms with Gasteiger partial charge in [0.05, 0.1) is 0 Å². The molecule has 0 radical (unpaired) electrons. The molecule has 1 aromatic heterocycles. The number of likely N-dealkylation sites (N-methyl/N-ethyl adjacent to an activating group) is 1. The van der Waals surface area contributed by atoms with Crippen LogP contribution in [0.1, 0.15) is 37.8 Å². The smallest absolute Gasteiger partial charge is 0.277 e. The molecule has 0 bridgehead atoms. The minimum atomic E-state index is 0.0407. The fraction of sp³-hybridized carbons (Fsp3) is 0.467. The number of carbonyl (C=O) groups excluding carboxylic acids is 1. The number of hydrogen-bond donors (Lipinski definition) is 1. The Balaban J connectivity index is 1.87. The summed E-state index contributed by atoms with van der Waals surface area (Å²) in [6, 6.07) is 4.14. The molecule has 1 aromatic rings. The van der Waals surface area contributed by atoms with Gasteiger partial charge in [-0.2, -0.15) is 0 Å². The number of thiocarbonyl (C=S) groups is 1. The lowest BCUT2D eigenvalue weighted by molar-refractivity contribution is -0.124. The molecule has 4 nitrogen and oxygen atoms in total. The molecule has 0 spiro atoms. The van der Waals surface area contributed by atoms with Gasteiger partial charge >= 0.3 is 0 Å². The maximum atomic E-state index is 12.7. The van der Waals surface area contributed by atoms with Gasteiger partial charge in [-0.3, -0.25) is 9.69 Å². The molecule has 1 aliphatic heterocycles. The third-order valence-corrected chi connectivity index (χ3v) is 4.62. The van der Waals surface area contributed by atoms with E-state index in [1.807, 2.05) is 41.3 Å². The molecule has 0 aromatic carbocycles. The second-order valence-electron chi connectivity index (χ2n) is 5.46. The van der Waals surface area contributed by atoms with Crippen LogP contribution in [0.15, 0.2) is 24.0 Å². The monoisotopic (exact) mass is 289 g/mol. The molecule has 1 aliphatic carbocycles. The standard InChI is InChI=1S/C15H19N3OS/c1-17-13(10-11-6-5-9-16-11)14(19)18(15(17)20)12-7-3-2-4-8-12/h5-6,9-10,12,16H,2-4,7-8H2,1H3. The highest BCUT2D eigenvalue weighted by molar-refractivity contribution is 7.80. The van der Waals surface area contributed by atoms with E-state index < -0.39 is 0 Å². The van der Waals surface area contributed by atoms with Crippen molar-refractivity contribution in [2.45, 2.75) is 38.1 Å². The molecule has 5 heteroatoms. The van der Waals surface area contributed by atoms with Gasteiger partial charge in [-0.25, -0.2) is 0 Å². The highest BCUT2D eigenvalue weighted by Gasteiger charge is 2.40. The molecule has 1 saturated carbocycles. The number of nitrogens with zero attached hydrogens (tertiary/aromatic N) is 2. The van der Waals surface area contributed by atoms with E-state index in [-0.39, 0.29) is 11.9 Å². The van der Waals surface area contributed by atoms with Crippen molar-refractivity contribution in [3.05, 3.63) is 29.7 Å². The fourth-order valence-corrected chi connectivity index (χ4v) is 3.35. The van der Waals surface area contributed by atoms with Crippen molar-refractivity contribution in [3.8, 4) is 0 Å². The molecule has 1 saturated heterocycles. The molecule has 3 rings (SSSR count). The van der Waals surface area contributed by atoms with Crippen LogP contribution >= 0.6 is 12.2 Å². The van der Waals surface area contributed by atoms with Crippen LogP contribution in [0.4, 0.5) is 0 Å². The minimum Gasteiger partial charge on any atom is -0.362 e. The third kappa shape index (κ3) is 2.26. The Bertz CT molecular complexity index is 543. The van der Waals surface area contributed by atoms with Crippen LogP contribution in [-0.2, 0) is 4.79 Å². The topological polar surface area (TPSA) is 39.3 Å². The zero-order valence-electron chi connectivity index (χ0n) is 11.6. The summed E-state index contributed by atoms with van der Waals surface area (Å²) in [6.45, 7) is 0. The Kier molecular flexibility index (Phi) is 3.61. The second-order valence-corrected chi connectivity index (χ2v) is 5.83. The van der Waals surface area contributed by atoms with Crippen molar-refractivity contribution in [3.63, 3.8) is 0 Å². The van der Waals surface area contributed by atoms with E-state index in [1.165, 1.54) is 19.3 Å². The Morgan fingerprint density at radius 3 is 2.75 bits per heavy atom. The molecule has 0 unspecified atom stereocenters. The van der Waals surface area contributed by atoms with Crippen molar-refractivity contribution in [2.75, 3.05) is 7.05 Å². The van der Waals surface area contributed by atoms with Crippen LogP contribution in [0, 0.1) is 0 Å². The summed E-state index contributed by atoms with van der Waals surface area (Å²) in [5, 5.41) is 0.639. The zero-order chi connectivity index (χ0) is 14.1. The molecule has 2 aliphatic rings. The summed E-state index contributed by atoms with van der Waals surface area (Å²) in [5.41, 5.74) is 1.58. The van der Waals surface area contributed by atoms with Crippen molar-refractivity contribution in [1.29, 1.82) is 0 Å². The van der Waals surface area contributed by atoms with E-state index in [1.54, 1.807) is 0 Å². The predicted molar refractivity (Wildman–Crippen MR) is 82.8 cm³/mol. The predicted octanol–water partition coefficient (Wildman–Crippen LogP) is 2.75. The highest BCUT2D eigenvalue weighted by Crippen LogP contribution is 2.30. The third-order valence-electron chi connectivity index (χ3n) is 4.15. The van der Waals surface area contributed by atoms with Crippen LogP contribution in [0.5, 0.6) is 0 Å². The first-order chi connectivity index (χ1) is 9.68.